The molecule has 0 unspecified atom stereocenters. The average molecular weight is 216 g/mol. The van der Waals surface area contributed by atoms with E-state index in [0.717, 1.165) is 23.2 Å². The quantitative estimate of drug-likeness (QED) is 0.774. The van der Waals surface area contributed by atoms with Crippen molar-refractivity contribution in [1.29, 1.82) is 0 Å². The molecule has 0 fully saturated rings. The van der Waals surface area contributed by atoms with Crippen molar-refractivity contribution in [3.8, 4) is 5.82 Å². The molecule has 0 radical (unpaired) electrons. The van der Waals surface area contributed by atoms with Crippen LogP contribution in [0.15, 0.2) is 18.5 Å². The van der Waals surface area contributed by atoms with Gasteiger partial charge in [0.25, 0.3) is 0 Å². The summed E-state index contributed by atoms with van der Waals surface area (Å²) in [5.74, 6) is 3.05. The van der Waals surface area contributed by atoms with Gasteiger partial charge in [0.05, 0.1) is 0 Å². The molecule has 0 bridgehead atoms. The zero-order valence-electron chi connectivity index (χ0n) is 10.1. The van der Waals surface area contributed by atoms with E-state index in [9.17, 15) is 0 Å². The lowest BCUT2D eigenvalue weighted by Crippen LogP contribution is -2.06. The summed E-state index contributed by atoms with van der Waals surface area (Å²) in [4.78, 5) is 13.2. The van der Waals surface area contributed by atoms with Gasteiger partial charge >= 0.3 is 0 Å². The predicted molar refractivity (Wildman–Crippen MR) is 62.7 cm³/mol. The fraction of sp³-hybridized carbons (Fsp3) is 0.417. The second kappa shape index (κ2) is 4.04. The van der Waals surface area contributed by atoms with Crippen molar-refractivity contribution in [2.45, 2.75) is 33.6 Å². The second-order valence-electron chi connectivity index (χ2n) is 4.22. The van der Waals surface area contributed by atoms with Gasteiger partial charge in [0.2, 0.25) is 0 Å². The second-order valence-corrected chi connectivity index (χ2v) is 4.22. The Morgan fingerprint density at radius 2 is 1.94 bits per heavy atom. The number of rotatable bonds is 2. The SMILES string of the molecule is Cc1cc(-n2ccnc2C)nc(C(C)C)n1. The summed E-state index contributed by atoms with van der Waals surface area (Å²) in [5.41, 5.74) is 0.988. The van der Waals surface area contributed by atoms with Crippen molar-refractivity contribution in [2.24, 2.45) is 0 Å². The minimum atomic E-state index is 0.336. The van der Waals surface area contributed by atoms with Crippen LogP contribution in [0.3, 0.4) is 0 Å². The summed E-state index contributed by atoms with van der Waals surface area (Å²) in [5, 5.41) is 0. The van der Waals surface area contributed by atoms with Gasteiger partial charge in [-0.2, -0.15) is 0 Å². The Morgan fingerprint density at radius 1 is 1.19 bits per heavy atom. The molecule has 0 spiro atoms. The van der Waals surface area contributed by atoms with E-state index in [-0.39, 0.29) is 0 Å². The summed E-state index contributed by atoms with van der Waals surface area (Å²) in [6, 6.07) is 1.97. The van der Waals surface area contributed by atoms with Crippen LogP contribution in [0.4, 0.5) is 0 Å². The van der Waals surface area contributed by atoms with Crippen molar-refractivity contribution in [2.75, 3.05) is 0 Å². The van der Waals surface area contributed by atoms with Gasteiger partial charge in [0, 0.05) is 30.1 Å². The Balaban J connectivity index is 2.54. The molecule has 0 saturated heterocycles. The molecule has 2 heterocycles. The summed E-state index contributed by atoms with van der Waals surface area (Å²) in [7, 11) is 0. The first-order valence-electron chi connectivity index (χ1n) is 5.44. The standard InChI is InChI=1S/C12H16N4/c1-8(2)12-14-9(3)7-11(15-12)16-6-5-13-10(16)4/h5-8H,1-4H3. The number of aromatic nitrogens is 4. The molecule has 0 N–H and O–H groups in total. The highest BCUT2D eigenvalue weighted by Gasteiger charge is 2.08. The fourth-order valence-electron chi connectivity index (χ4n) is 1.58. The highest BCUT2D eigenvalue weighted by atomic mass is 15.1. The van der Waals surface area contributed by atoms with Gasteiger partial charge in [-0.3, -0.25) is 4.57 Å². The Labute approximate surface area is 95.4 Å². The number of hydrogen-bond acceptors (Lipinski definition) is 3. The van der Waals surface area contributed by atoms with Crippen LogP contribution in [-0.2, 0) is 0 Å². The average Bonchev–Trinajstić information content (AvgIpc) is 2.63. The van der Waals surface area contributed by atoms with Gasteiger partial charge in [0.15, 0.2) is 0 Å². The third kappa shape index (κ3) is 1.96. The predicted octanol–water partition coefficient (Wildman–Crippen LogP) is 2.40. The largest absolute Gasteiger partial charge is 0.288 e. The maximum atomic E-state index is 4.55. The van der Waals surface area contributed by atoms with Gasteiger partial charge < -0.3 is 0 Å². The molecule has 0 atom stereocenters. The molecular formula is C12H16N4. The van der Waals surface area contributed by atoms with Gasteiger partial charge in [-0.1, -0.05) is 13.8 Å². The number of hydrogen-bond donors (Lipinski definition) is 0. The third-order valence-corrected chi connectivity index (χ3v) is 2.45. The number of aryl methyl sites for hydroxylation is 2. The van der Waals surface area contributed by atoms with Crippen LogP contribution in [0.1, 0.15) is 37.1 Å². The Morgan fingerprint density at radius 3 is 2.50 bits per heavy atom. The van der Waals surface area contributed by atoms with Crippen molar-refractivity contribution >= 4 is 0 Å². The van der Waals surface area contributed by atoms with Crippen LogP contribution in [0.2, 0.25) is 0 Å². The topological polar surface area (TPSA) is 43.6 Å². The smallest absolute Gasteiger partial charge is 0.142 e. The van der Waals surface area contributed by atoms with Crippen LogP contribution >= 0.6 is 0 Å². The minimum Gasteiger partial charge on any atom is -0.288 e. The third-order valence-electron chi connectivity index (χ3n) is 2.45. The highest BCUT2D eigenvalue weighted by molar-refractivity contribution is 5.27. The molecule has 0 aliphatic rings. The maximum Gasteiger partial charge on any atom is 0.142 e. The normalized spacial score (nSPS) is 11.1. The lowest BCUT2D eigenvalue weighted by atomic mass is 10.2. The maximum absolute atomic E-state index is 4.55. The molecule has 2 rings (SSSR count). The zero-order valence-corrected chi connectivity index (χ0v) is 10.1. The van der Waals surface area contributed by atoms with Crippen LogP contribution in [0.25, 0.3) is 5.82 Å². The fourth-order valence-corrected chi connectivity index (χ4v) is 1.58. The van der Waals surface area contributed by atoms with Crippen LogP contribution in [0.5, 0.6) is 0 Å². The molecule has 2 aromatic heterocycles. The molecule has 4 heteroatoms. The van der Waals surface area contributed by atoms with Gasteiger partial charge in [-0.05, 0) is 13.8 Å². The van der Waals surface area contributed by atoms with E-state index in [1.165, 1.54) is 0 Å². The molecular weight excluding hydrogens is 200 g/mol. The number of nitrogens with zero attached hydrogens (tertiary/aromatic N) is 4. The lowest BCUT2D eigenvalue weighted by molar-refractivity contribution is 0.751. The van der Waals surface area contributed by atoms with Gasteiger partial charge in [-0.25, -0.2) is 15.0 Å². The van der Waals surface area contributed by atoms with Crippen molar-refractivity contribution in [3.05, 3.63) is 35.8 Å². The monoisotopic (exact) mass is 216 g/mol. The first-order valence-corrected chi connectivity index (χ1v) is 5.44. The van der Waals surface area contributed by atoms with E-state index in [1.54, 1.807) is 6.20 Å². The Hall–Kier alpha value is -1.71. The Kier molecular flexibility index (Phi) is 2.73. The molecule has 4 nitrogen and oxygen atoms in total. The minimum absolute atomic E-state index is 0.336. The summed E-state index contributed by atoms with van der Waals surface area (Å²) in [6.07, 6.45) is 3.70. The van der Waals surface area contributed by atoms with Crippen LogP contribution in [0, 0.1) is 13.8 Å². The van der Waals surface area contributed by atoms with E-state index in [2.05, 4.69) is 28.8 Å². The van der Waals surface area contributed by atoms with Crippen molar-refractivity contribution < 1.29 is 0 Å². The van der Waals surface area contributed by atoms with Gasteiger partial charge in [0.1, 0.15) is 17.5 Å². The van der Waals surface area contributed by atoms with Crippen LogP contribution < -0.4 is 0 Å². The molecule has 84 valence electrons. The molecule has 0 saturated carbocycles. The van der Waals surface area contributed by atoms with E-state index < -0.39 is 0 Å². The first-order chi connectivity index (χ1) is 7.58. The van der Waals surface area contributed by atoms with Crippen LogP contribution in [-0.4, -0.2) is 19.5 Å². The highest BCUT2D eigenvalue weighted by Crippen LogP contribution is 2.14. The molecule has 2 aromatic rings. The van der Waals surface area contributed by atoms with E-state index in [0.29, 0.717) is 5.92 Å². The van der Waals surface area contributed by atoms with E-state index in [4.69, 9.17) is 0 Å². The molecule has 0 aliphatic heterocycles. The first kappa shape index (κ1) is 10.8. The number of imidazole rings is 1. The van der Waals surface area contributed by atoms with E-state index >= 15 is 0 Å². The molecule has 0 aromatic carbocycles. The zero-order chi connectivity index (χ0) is 11.7. The summed E-state index contributed by atoms with van der Waals surface area (Å²) in [6.45, 7) is 8.15. The van der Waals surface area contributed by atoms with Gasteiger partial charge in [-0.15, -0.1) is 0 Å². The lowest BCUT2D eigenvalue weighted by Gasteiger charge is -2.09. The summed E-state index contributed by atoms with van der Waals surface area (Å²) < 4.78 is 1.97. The molecule has 0 aliphatic carbocycles. The van der Waals surface area contributed by atoms with E-state index in [1.807, 2.05) is 30.7 Å². The summed E-state index contributed by atoms with van der Waals surface area (Å²) >= 11 is 0. The Bertz CT molecular complexity index is 499. The van der Waals surface area contributed by atoms with Crippen molar-refractivity contribution in [1.82, 2.24) is 19.5 Å². The van der Waals surface area contributed by atoms with Crippen molar-refractivity contribution in [3.63, 3.8) is 0 Å². The molecule has 16 heavy (non-hydrogen) atoms. The molecule has 0 amide bonds.